The van der Waals surface area contributed by atoms with Crippen molar-refractivity contribution in [1.29, 1.82) is 0 Å². The highest BCUT2D eigenvalue weighted by molar-refractivity contribution is 5.79. The summed E-state index contributed by atoms with van der Waals surface area (Å²) in [6.07, 6.45) is 3.42. The van der Waals surface area contributed by atoms with Gasteiger partial charge in [-0.25, -0.2) is 8.78 Å². The third-order valence-corrected chi connectivity index (χ3v) is 4.00. The van der Waals surface area contributed by atoms with Crippen LogP contribution in [0.2, 0.25) is 0 Å². The molecule has 0 unspecified atom stereocenters. The fourth-order valence-electron chi connectivity index (χ4n) is 3.06. The van der Waals surface area contributed by atoms with E-state index >= 15 is 0 Å². The normalized spacial score (nSPS) is 20.3. The average molecular weight is 251 g/mol. The molecule has 1 aromatic carbocycles. The lowest BCUT2D eigenvalue weighted by Gasteiger charge is -2.32. The monoisotopic (exact) mass is 251 g/mol. The van der Waals surface area contributed by atoms with Gasteiger partial charge in [-0.1, -0.05) is 0 Å². The largest absolute Gasteiger partial charge is 0.368 e. The lowest BCUT2D eigenvalue weighted by molar-refractivity contribution is -0.120. The van der Waals surface area contributed by atoms with Gasteiger partial charge < -0.3 is 4.90 Å². The van der Waals surface area contributed by atoms with Crippen LogP contribution in [-0.2, 0) is 11.2 Å². The molecule has 1 fully saturated rings. The summed E-state index contributed by atoms with van der Waals surface area (Å²) in [5, 5.41) is 0. The van der Waals surface area contributed by atoms with Crippen molar-refractivity contribution in [2.24, 2.45) is 0 Å². The Morgan fingerprint density at radius 1 is 1.11 bits per heavy atom. The van der Waals surface area contributed by atoms with E-state index in [1.165, 1.54) is 6.07 Å². The Labute approximate surface area is 105 Å². The van der Waals surface area contributed by atoms with Crippen LogP contribution in [0.15, 0.2) is 12.1 Å². The van der Waals surface area contributed by atoms with Crippen LogP contribution in [0.1, 0.15) is 31.2 Å². The topological polar surface area (TPSA) is 20.3 Å². The van der Waals surface area contributed by atoms with Gasteiger partial charge in [0.2, 0.25) is 0 Å². The molecule has 0 saturated heterocycles. The van der Waals surface area contributed by atoms with Crippen molar-refractivity contribution in [1.82, 2.24) is 0 Å². The van der Waals surface area contributed by atoms with Gasteiger partial charge >= 0.3 is 0 Å². The van der Waals surface area contributed by atoms with Crippen molar-refractivity contribution in [2.75, 3.05) is 11.4 Å². The first-order valence-electron chi connectivity index (χ1n) is 6.41. The number of ketones is 1. The Morgan fingerprint density at radius 2 is 1.83 bits per heavy atom. The summed E-state index contributed by atoms with van der Waals surface area (Å²) in [5.41, 5.74) is 1.31. The van der Waals surface area contributed by atoms with Gasteiger partial charge in [-0.2, -0.15) is 0 Å². The van der Waals surface area contributed by atoms with Crippen molar-refractivity contribution in [3.8, 4) is 0 Å². The zero-order valence-electron chi connectivity index (χ0n) is 10.1. The maximum Gasteiger partial charge on any atom is 0.133 e. The summed E-state index contributed by atoms with van der Waals surface area (Å²) < 4.78 is 26.9. The van der Waals surface area contributed by atoms with E-state index in [9.17, 15) is 13.6 Å². The molecule has 2 aliphatic rings. The minimum absolute atomic E-state index is 0.255. The number of carbonyl (C=O) groups is 1. The van der Waals surface area contributed by atoms with Crippen molar-refractivity contribution in [3.63, 3.8) is 0 Å². The van der Waals surface area contributed by atoms with E-state index in [1.807, 2.05) is 0 Å². The minimum atomic E-state index is -0.523. The number of hydrogen-bond acceptors (Lipinski definition) is 2. The summed E-state index contributed by atoms with van der Waals surface area (Å²) in [7, 11) is 0. The Bertz CT molecular complexity index is 491. The molecule has 0 atom stereocenters. The molecule has 18 heavy (non-hydrogen) atoms. The first kappa shape index (κ1) is 11.6. The number of benzene rings is 1. The number of halogens is 2. The van der Waals surface area contributed by atoms with Gasteiger partial charge in [-0.15, -0.1) is 0 Å². The molecular weight excluding hydrogens is 236 g/mol. The van der Waals surface area contributed by atoms with Crippen LogP contribution in [0.4, 0.5) is 14.5 Å². The molecule has 0 radical (unpaired) electrons. The number of rotatable bonds is 1. The highest BCUT2D eigenvalue weighted by Gasteiger charge is 2.31. The number of Topliss-reactive ketones (excluding diaryl/α,β-unsaturated/α-hetero) is 1. The Balaban J connectivity index is 1.88. The van der Waals surface area contributed by atoms with E-state index in [0.29, 0.717) is 36.3 Å². The van der Waals surface area contributed by atoms with Crippen LogP contribution >= 0.6 is 0 Å². The quantitative estimate of drug-likeness (QED) is 0.765. The number of carbonyl (C=O) groups excluding carboxylic acids is 1. The van der Waals surface area contributed by atoms with Crippen LogP contribution in [0.3, 0.4) is 0 Å². The van der Waals surface area contributed by atoms with Gasteiger partial charge in [-0.05, 0) is 25.3 Å². The zero-order valence-corrected chi connectivity index (χ0v) is 10.1. The third-order valence-electron chi connectivity index (χ3n) is 4.00. The molecule has 1 heterocycles. The van der Waals surface area contributed by atoms with Crippen LogP contribution in [-0.4, -0.2) is 18.4 Å². The molecule has 0 aromatic heterocycles. The fourth-order valence-corrected chi connectivity index (χ4v) is 3.06. The predicted molar refractivity (Wildman–Crippen MR) is 64.7 cm³/mol. The van der Waals surface area contributed by atoms with E-state index in [0.717, 1.165) is 25.5 Å². The fraction of sp³-hybridized carbons (Fsp3) is 0.500. The third kappa shape index (κ3) is 1.89. The molecule has 3 rings (SSSR count). The average Bonchev–Trinajstić information content (AvgIpc) is 2.74. The molecule has 1 aromatic rings. The van der Waals surface area contributed by atoms with E-state index in [1.54, 1.807) is 0 Å². The lowest BCUT2D eigenvalue weighted by Crippen LogP contribution is -2.37. The summed E-state index contributed by atoms with van der Waals surface area (Å²) in [6.45, 7) is 0.731. The molecule has 1 aliphatic heterocycles. The maximum absolute atomic E-state index is 13.6. The lowest BCUT2D eigenvalue weighted by atomic mass is 9.93. The molecule has 0 N–H and O–H groups in total. The molecule has 96 valence electrons. The van der Waals surface area contributed by atoms with E-state index in [2.05, 4.69) is 4.90 Å². The maximum atomic E-state index is 13.6. The van der Waals surface area contributed by atoms with Crippen molar-refractivity contribution >= 4 is 11.5 Å². The molecular formula is C14H15F2NO. The highest BCUT2D eigenvalue weighted by Crippen LogP contribution is 2.35. The number of hydrogen-bond donors (Lipinski definition) is 0. The SMILES string of the molecule is O=C1CCC(N2CCc3c(F)cc(F)cc32)CC1. The molecule has 0 spiro atoms. The van der Waals surface area contributed by atoms with E-state index in [-0.39, 0.29) is 6.04 Å². The highest BCUT2D eigenvalue weighted by atomic mass is 19.1. The first-order valence-corrected chi connectivity index (χ1v) is 6.41. The number of anilines is 1. The molecule has 0 bridgehead atoms. The number of nitrogens with zero attached hydrogens (tertiary/aromatic N) is 1. The molecule has 2 nitrogen and oxygen atoms in total. The van der Waals surface area contributed by atoms with Gasteiger partial charge in [0.1, 0.15) is 17.4 Å². The Hall–Kier alpha value is -1.45. The second-order valence-electron chi connectivity index (χ2n) is 5.10. The molecule has 0 amide bonds. The first-order chi connectivity index (χ1) is 8.65. The van der Waals surface area contributed by atoms with Crippen molar-refractivity contribution in [3.05, 3.63) is 29.3 Å². The Kier molecular flexibility index (Phi) is 2.80. The van der Waals surface area contributed by atoms with Crippen molar-refractivity contribution < 1.29 is 13.6 Å². The van der Waals surface area contributed by atoms with Crippen LogP contribution < -0.4 is 4.90 Å². The smallest absolute Gasteiger partial charge is 0.133 e. The van der Waals surface area contributed by atoms with Gasteiger partial charge in [0.05, 0.1) is 0 Å². The van der Waals surface area contributed by atoms with Crippen LogP contribution in [0.25, 0.3) is 0 Å². The number of fused-ring (bicyclic) bond motifs is 1. The van der Waals surface area contributed by atoms with Crippen LogP contribution in [0.5, 0.6) is 0 Å². The summed E-state index contributed by atoms with van der Waals surface area (Å²) >= 11 is 0. The molecule has 1 aliphatic carbocycles. The summed E-state index contributed by atoms with van der Waals surface area (Å²) in [4.78, 5) is 13.3. The van der Waals surface area contributed by atoms with Gasteiger partial charge in [0.25, 0.3) is 0 Å². The van der Waals surface area contributed by atoms with E-state index < -0.39 is 11.6 Å². The van der Waals surface area contributed by atoms with Crippen LogP contribution in [0, 0.1) is 11.6 Å². The summed E-state index contributed by atoms with van der Waals surface area (Å²) in [5.74, 6) is -0.666. The van der Waals surface area contributed by atoms with E-state index in [4.69, 9.17) is 0 Å². The predicted octanol–water partition coefficient (Wildman–Crippen LogP) is 2.84. The second-order valence-corrected chi connectivity index (χ2v) is 5.10. The zero-order chi connectivity index (χ0) is 12.7. The van der Waals surface area contributed by atoms with Gasteiger partial charge in [0.15, 0.2) is 0 Å². The standard InChI is InChI=1S/C14H15F2NO/c15-9-7-13(16)12-5-6-17(14(12)8-9)10-1-3-11(18)4-2-10/h7-8,10H,1-6H2. The van der Waals surface area contributed by atoms with Crippen molar-refractivity contribution in [2.45, 2.75) is 38.1 Å². The summed E-state index contributed by atoms with van der Waals surface area (Å²) in [6, 6.07) is 2.62. The Morgan fingerprint density at radius 3 is 2.56 bits per heavy atom. The molecule has 1 saturated carbocycles. The second kappa shape index (κ2) is 4.34. The van der Waals surface area contributed by atoms with Gasteiger partial charge in [-0.3, -0.25) is 4.79 Å². The molecule has 4 heteroatoms. The minimum Gasteiger partial charge on any atom is -0.368 e. The van der Waals surface area contributed by atoms with Gasteiger partial charge in [0, 0.05) is 42.7 Å².